The number of methoxy groups -OCH3 is 1. The average Bonchev–Trinajstić information content (AvgIpc) is 3.00. The molecule has 0 aliphatic heterocycles. The Labute approximate surface area is 157 Å². The van der Waals surface area contributed by atoms with Crippen LogP contribution in [0.25, 0.3) is 5.65 Å². The van der Waals surface area contributed by atoms with Crippen molar-refractivity contribution in [1.29, 1.82) is 0 Å². The van der Waals surface area contributed by atoms with Crippen LogP contribution in [0.3, 0.4) is 0 Å². The van der Waals surface area contributed by atoms with E-state index in [0.717, 1.165) is 10.7 Å². The Kier molecular flexibility index (Phi) is 5.39. The lowest BCUT2D eigenvalue weighted by Gasteiger charge is -2.14. The van der Waals surface area contributed by atoms with Crippen LogP contribution in [-0.2, 0) is 24.1 Å². The summed E-state index contributed by atoms with van der Waals surface area (Å²) in [6, 6.07) is 8.60. The van der Waals surface area contributed by atoms with Crippen LogP contribution in [0.2, 0.25) is 0 Å². The van der Waals surface area contributed by atoms with Crippen LogP contribution in [0, 0.1) is 0 Å². The number of hydrogen-bond donors (Lipinski definition) is 1. The number of aryl methyl sites for hydroxylation is 1. The summed E-state index contributed by atoms with van der Waals surface area (Å²) in [6.45, 7) is -0.279. The van der Waals surface area contributed by atoms with Crippen LogP contribution in [-0.4, -0.2) is 27.2 Å². The number of nitrogens with one attached hydrogen (secondary N) is 1. The maximum atomic E-state index is 13.2. The van der Waals surface area contributed by atoms with Gasteiger partial charge in [0, 0.05) is 19.2 Å². The molecule has 0 radical (unpaired) electrons. The fraction of sp³-hybridized carbons (Fsp3) is 0.278. The van der Waals surface area contributed by atoms with Crippen LogP contribution in [0.4, 0.5) is 13.2 Å². The first-order valence-corrected chi connectivity index (χ1v) is 8.34. The number of alkyl halides is 3. The first-order chi connectivity index (χ1) is 13.3. The van der Waals surface area contributed by atoms with Crippen LogP contribution in [0.1, 0.15) is 17.5 Å². The molecule has 2 aromatic heterocycles. The molecule has 0 atom stereocenters. The van der Waals surface area contributed by atoms with E-state index in [1.807, 2.05) is 0 Å². The Morgan fingerprint density at radius 1 is 1.25 bits per heavy atom. The van der Waals surface area contributed by atoms with E-state index < -0.39 is 23.3 Å². The normalized spacial score (nSPS) is 11.6. The Morgan fingerprint density at radius 2 is 2.04 bits per heavy atom. The zero-order valence-electron chi connectivity index (χ0n) is 14.9. The summed E-state index contributed by atoms with van der Waals surface area (Å²) in [5, 5.41) is 6.54. The standard InChI is InChI=1S/C18H17F3N4O3/c1-28-13-6-5-12(14(10-13)18(19,20)21)11-22-16(26)7-9-25-17(27)24-8-3-2-4-15(24)23-25/h2-6,8,10H,7,9,11H2,1H3,(H,22,26). The molecule has 3 rings (SSSR count). The van der Waals surface area contributed by atoms with E-state index in [2.05, 4.69) is 10.4 Å². The minimum absolute atomic E-state index is 0.0150. The molecule has 7 nitrogen and oxygen atoms in total. The van der Waals surface area contributed by atoms with E-state index in [9.17, 15) is 22.8 Å². The Balaban J connectivity index is 1.64. The first kappa shape index (κ1) is 19.5. The van der Waals surface area contributed by atoms with Gasteiger partial charge in [-0.05, 0) is 29.8 Å². The highest BCUT2D eigenvalue weighted by atomic mass is 19.4. The van der Waals surface area contributed by atoms with Crippen molar-refractivity contribution in [2.24, 2.45) is 0 Å². The molecule has 148 valence electrons. The Bertz CT molecular complexity index is 1060. The first-order valence-electron chi connectivity index (χ1n) is 8.34. The van der Waals surface area contributed by atoms with Crippen molar-refractivity contribution in [1.82, 2.24) is 19.5 Å². The lowest BCUT2D eigenvalue weighted by atomic mass is 10.1. The highest BCUT2D eigenvalue weighted by Gasteiger charge is 2.33. The van der Waals surface area contributed by atoms with E-state index >= 15 is 0 Å². The highest BCUT2D eigenvalue weighted by molar-refractivity contribution is 5.75. The number of hydrogen-bond acceptors (Lipinski definition) is 4. The topological polar surface area (TPSA) is 77.6 Å². The van der Waals surface area contributed by atoms with Crippen molar-refractivity contribution in [2.45, 2.75) is 25.7 Å². The van der Waals surface area contributed by atoms with Gasteiger partial charge in [-0.15, -0.1) is 5.10 Å². The van der Waals surface area contributed by atoms with E-state index in [1.54, 1.807) is 24.4 Å². The van der Waals surface area contributed by atoms with Gasteiger partial charge in [-0.1, -0.05) is 12.1 Å². The summed E-state index contributed by atoms with van der Waals surface area (Å²) in [5.41, 5.74) is -0.894. The zero-order valence-corrected chi connectivity index (χ0v) is 14.9. The second-order valence-corrected chi connectivity index (χ2v) is 5.98. The Hall–Kier alpha value is -3.30. The lowest BCUT2D eigenvalue weighted by molar-refractivity contribution is -0.138. The third-order valence-electron chi connectivity index (χ3n) is 4.14. The van der Waals surface area contributed by atoms with Crippen LogP contribution in [0.5, 0.6) is 5.75 Å². The monoisotopic (exact) mass is 394 g/mol. The summed E-state index contributed by atoms with van der Waals surface area (Å²) in [5.74, 6) is -0.415. The number of ether oxygens (including phenoxy) is 1. The van der Waals surface area contributed by atoms with Crippen molar-refractivity contribution >= 4 is 11.6 Å². The van der Waals surface area contributed by atoms with Crippen molar-refractivity contribution < 1.29 is 22.7 Å². The van der Waals surface area contributed by atoms with Crippen LogP contribution in [0.15, 0.2) is 47.4 Å². The van der Waals surface area contributed by atoms with Gasteiger partial charge < -0.3 is 10.1 Å². The minimum Gasteiger partial charge on any atom is -0.497 e. The number of fused-ring (bicyclic) bond motifs is 1. The summed E-state index contributed by atoms with van der Waals surface area (Å²) in [4.78, 5) is 24.2. The number of rotatable bonds is 6. The van der Waals surface area contributed by atoms with Crippen molar-refractivity contribution in [3.05, 3.63) is 64.2 Å². The second kappa shape index (κ2) is 7.75. The summed E-state index contributed by atoms with van der Waals surface area (Å²) < 4.78 is 46.9. The third kappa shape index (κ3) is 4.16. The maximum absolute atomic E-state index is 13.2. The number of nitrogens with zero attached hydrogens (tertiary/aromatic N) is 3. The molecule has 0 spiro atoms. The molecule has 3 aromatic rings. The molecule has 2 heterocycles. The van der Waals surface area contributed by atoms with Gasteiger partial charge in [0.05, 0.1) is 19.2 Å². The predicted octanol–water partition coefficient (Wildman–Crippen LogP) is 2.23. The van der Waals surface area contributed by atoms with Gasteiger partial charge >= 0.3 is 11.9 Å². The number of aromatic nitrogens is 3. The smallest absolute Gasteiger partial charge is 0.416 e. The van der Waals surface area contributed by atoms with Gasteiger partial charge in [0.25, 0.3) is 0 Å². The molecule has 0 fully saturated rings. The minimum atomic E-state index is -4.57. The van der Waals surface area contributed by atoms with E-state index in [4.69, 9.17) is 4.74 Å². The molecule has 1 aromatic carbocycles. The Morgan fingerprint density at radius 3 is 2.71 bits per heavy atom. The van der Waals surface area contributed by atoms with Crippen molar-refractivity contribution in [3.8, 4) is 5.75 Å². The molecular weight excluding hydrogens is 377 g/mol. The number of benzene rings is 1. The number of halogens is 3. The molecule has 28 heavy (non-hydrogen) atoms. The average molecular weight is 394 g/mol. The van der Waals surface area contributed by atoms with E-state index in [-0.39, 0.29) is 30.8 Å². The largest absolute Gasteiger partial charge is 0.497 e. The molecule has 1 amide bonds. The molecular formula is C18H17F3N4O3. The molecule has 0 aliphatic rings. The molecule has 0 bridgehead atoms. The molecule has 0 saturated carbocycles. The van der Waals surface area contributed by atoms with E-state index in [0.29, 0.717) is 5.65 Å². The second-order valence-electron chi connectivity index (χ2n) is 5.98. The van der Waals surface area contributed by atoms with Crippen molar-refractivity contribution in [2.75, 3.05) is 7.11 Å². The quantitative estimate of drug-likeness (QED) is 0.696. The van der Waals surface area contributed by atoms with Crippen molar-refractivity contribution in [3.63, 3.8) is 0 Å². The van der Waals surface area contributed by atoms with E-state index in [1.165, 1.54) is 23.6 Å². The third-order valence-corrected chi connectivity index (χ3v) is 4.14. The summed E-state index contributed by atoms with van der Waals surface area (Å²) in [7, 11) is 1.28. The SMILES string of the molecule is COc1ccc(CNC(=O)CCn2nc3ccccn3c2=O)c(C(F)(F)F)c1. The van der Waals surface area contributed by atoms with Gasteiger partial charge in [0.15, 0.2) is 5.65 Å². The molecule has 1 N–H and O–H groups in total. The number of carbonyl (C=O) groups is 1. The number of amides is 1. The van der Waals surface area contributed by atoms with Gasteiger partial charge in [-0.3, -0.25) is 9.20 Å². The summed E-state index contributed by atoms with van der Waals surface area (Å²) >= 11 is 0. The number of carbonyl (C=O) groups excluding carboxylic acids is 1. The van der Waals surface area contributed by atoms with Crippen LogP contribution < -0.4 is 15.7 Å². The van der Waals surface area contributed by atoms with Gasteiger partial charge in [0.1, 0.15) is 5.75 Å². The number of pyridine rings is 1. The van der Waals surface area contributed by atoms with Gasteiger partial charge in [-0.25, -0.2) is 9.48 Å². The highest BCUT2D eigenvalue weighted by Crippen LogP contribution is 2.34. The fourth-order valence-electron chi connectivity index (χ4n) is 2.70. The van der Waals surface area contributed by atoms with Gasteiger partial charge in [0.2, 0.25) is 5.91 Å². The molecule has 0 saturated heterocycles. The predicted molar refractivity (Wildman–Crippen MR) is 93.9 cm³/mol. The van der Waals surface area contributed by atoms with Crippen LogP contribution >= 0.6 is 0 Å². The fourth-order valence-corrected chi connectivity index (χ4v) is 2.70. The lowest BCUT2D eigenvalue weighted by Crippen LogP contribution is -2.28. The molecule has 0 unspecified atom stereocenters. The maximum Gasteiger partial charge on any atom is 0.416 e. The van der Waals surface area contributed by atoms with Gasteiger partial charge in [-0.2, -0.15) is 13.2 Å². The summed E-state index contributed by atoms with van der Waals surface area (Å²) in [6.07, 6.45) is -3.11. The molecule has 10 heteroatoms. The zero-order chi connectivity index (χ0) is 20.3. The molecule has 0 aliphatic carbocycles.